The Kier molecular flexibility index (Phi) is 4.54. The van der Waals surface area contributed by atoms with E-state index in [-0.39, 0.29) is 0 Å². The summed E-state index contributed by atoms with van der Waals surface area (Å²) in [7, 11) is 1.88. The Morgan fingerprint density at radius 3 is 2.88 bits per heavy atom. The fourth-order valence-corrected chi connectivity index (χ4v) is 4.38. The maximum atomic E-state index is 5.67. The molecule has 0 saturated carbocycles. The van der Waals surface area contributed by atoms with Crippen LogP contribution >= 0.6 is 25.5 Å². The summed E-state index contributed by atoms with van der Waals surface area (Å²) in [5, 5.41) is 0. The highest BCUT2D eigenvalue weighted by atomic mass is 31.1. The lowest BCUT2D eigenvalue weighted by molar-refractivity contribution is 0.276. The van der Waals surface area contributed by atoms with Gasteiger partial charge in [0.25, 0.3) is 0 Å². The molecule has 0 fully saturated rings. The maximum Gasteiger partial charge on any atom is 0.182 e. The zero-order chi connectivity index (χ0) is 11.2. The highest BCUT2D eigenvalue weighted by Crippen LogP contribution is 2.18. The fourth-order valence-electron chi connectivity index (χ4n) is 1.33. The summed E-state index contributed by atoms with van der Waals surface area (Å²) in [6, 6.07) is 8.27. The van der Waals surface area contributed by atoms with E-state index in [1.165, 1.54) is 12.0 Å². The van der Waals surface area contributed by atoms with Crippen molar-refractivity contribution >= 4 is 25.5 Å². The Morgan fingerprint density at radius 2 is 2.25 bits per heavy atom. The lowest BCUT2D eigenvalue weighted by atomic mass is 10.1. The Balaban J connectivity index is 2.05. The van der Waals surface area contributed by atoms with Crippen LogP contribution in [-0.2, 0) is 6.42 Å². The van der Waals surface area contributed by atoms with Crippen LogP contribution in [0.2, 0.25) is 0 Å². The minimum atomic E-state index is 0.483. The molecule has 1 heterocycles. The second-order valence-corrected chi connectivity index (χ2v) is 6.87. The number of rotatable bonds is 4. The van der Waals surface area contributed by atoms with Gasteiger partial charge in [0.2, 0.25) is 0 Å². The van der Waals surface area contributed by atoms with E-state index in [0.717, 1.165) is 20.7 Å². The van der Waals surface area contributed by atoms with Gasteiger partial charge in [-0.3, -0.25) is 0 Å². The zero-order valence-corrected chi connectivity index (χ0v) is 11.9. The van der Waals surface area contributed by atoms with Gasteiger partial charge in [-0.05, 0) is 24.1 Å². The molecule has 4 nitrogen and oxygen atoms in total. The number of aromatic nitrogens is 3. The fraction of sp³-hybridized carbons (Fsp3) is 0.333. The van der Waals surface area contributed by atoms with E-state index in [0.29, 0.717) is 17.0 Å². The molecule has 2 rings (SSSR count). The van der Waals surface area contributed by atoms with E-state index in [4.69, 9.17) is 4.84 Å². The van der Waals surface area contributed by atoms with E-state index >= 15 is 0 Å². The van der Waals surface area contributed by atoms with Gasteiger partial charge < -0.3 is 9.35 Å². The Labute approximate surface area is 99.4 Å². The SMILES string of the molecule is CCCc1ccc(On2pn[pH][nH][pH]2)cc1. The first kappa shape index (κ1) is 11.8. The number of hydrogen-bond acceptors (Lipinski definition) is 2. The number of aromatic amines is 1. The van der Waals surface area contributed by atoms with E-state index in [2.05, 4.69) is 28.1 Å². The molecule has 2 unspecified atom stereocenters. The lowest BCUT2D eigenvalue weighted by Gasteiger charge is -2.06. The molecule has 16 heavy (non-hydrogen) atoms. The zero-order valence-electron chi connectivity index (χ0n) is 8.97. The van der Waals surface area contributed by atoms with Crippen LogP contribution in [0.15, 0.2) is 24.3 Å². The molecule has 0 bridgehead atoms. The van der Waals surface area contributed by atoms with Crippen LogP contribution in [0.3, 0.4) is 0 Å². The molecule has 86 valence electrons. The summed E-state index contributed by atoms with van der Waals surface area (Å²) in [5.41, 5.74) is 1.36. The van der Waals surface area contributed by atoms with Crippen molar-refractivity contribution in [3.63, 3.8) is 0 Å². The summed E-state index contributed by atoms with van der Waals surface area (Å²) in [5.74, 6) is 0.877. The highest BCUT2D eigenvalue weighted by molar-refractivity contribution is 7.44. The van der Waals surface area contributed by atoms with Crippen LogP contribution in [0.25, 0.3) is 0 Å². The monoisotopic (exact) mass is 273 g/mol. The van der Waals surface area contributed by atoms with Gasteiger partial charge in [0.1, 0.15) is 0 Å². The van der Waals surface area contributed by atoms with Crippen molar-refractivity contribution in [3.8, 4) is 5.75 Å². The van der Waals surface area contributed by atoms with Crippen molar-refractivity contribution in [1.82, 2.24) is 13.3 Å². The molecule has 2 atom stereocenters. The molecule has 0 spiro atoms. The first-order chi connectivity index (χ1) is 7.88. The van der Waals surface area contributed by atoms with Crippen molar-refractivity contribution in [3.05, 3.63) is 29.8 Å². The Hall–Kier alpha value is -0.680. The standard InChI is InChI=1S/C9H14N3OP3/c1-2-3-8-4-6-9(7-5-8)13-12-15-10-14-11-16-12/h4-7,10,14-15H,2-3H2,1H3. The van der Waals surface area contributed by atoms with Crippen LogP contribution in [-0.4, -0.2) is 13.3 Å². The largest absolute Gasteiger partial charge is 0.366 e. The summed E-state index contributed by atoms with van der Waals surface area (Å²) in [6.07, 6.45) is 2.30. The van der Waals surface area contributed by atoms with E-state index in [1.807, 2.05) is 16.4 Å². The van der Waals surface area contributed by atoms with Gasteiger partial charge in [0.15, 0.2) is 14.3 Å². The van der Waals surface area contributed by atoms with Crippen LogP contribution in [0.5, 0.6) is 5.75 Å². The summed E-state index contributed by atoms with van der Waals surface area (Å²) in [4.78, 5) is 5.67. The molecule has 7 heteroatoms. The van der Waals surface area contributed by atoms with Crippen LogP contribution in [0.4, 0.5) is 0 Å². The average molecular weight is 273 g/mol. The second-order valence-electron chi connectivity index (χ2n) is 3.30. The maximum absolute atomic E-state index is 5.67. The smallest absolute Gasteiger partial charge is 0.182 e. The molecule has 0 aliphatic carbocycles. The van der Waals surface area contributed by atoms with Gasteiger partial charge in [-0.25, -0.2) is 0 Å². The van der Waals surface area contributed by atoms with Crippen molar-refractivity contribution in [1.29, 1.82) is 0 Å². The Morgan fingerprint density at radius 1 is 1.44 bits per heavy atom. The minimum absolute atomic E-state index is 0.483. The summed E-state index contributed by atoms with van der Waals surface area (Å²) < 4.78 is 9.18. The van der Waals surface area contributed by atoms with Gasteiger partial charge in [-0.2, -0.15) is 4.51 Å². The normalized spacial score (nSPS) is 11.6. The molecule has 0 saturated heterocycles. The van der Waals surface area contributed by atoms with Gasteiger partial charge >= 0.3 is 0 Å². The van der Waals surface area contributed by atoms with E-state index in [9.17, 15) is 0 Å². The van der Waals surface area contributed by atoms with Gasteiger partial charge in [0, 0.05) is 8.51 Å². The molecule has 0 amide bonds. The van der Waals surface area contributed by atoms with Crippen molar-refractivity contribution in [2.75, 3.05) is 0 Å². The molecule has 2 aromatic rings. The molecule has 0 aliphatic rings. The molecule has 0 radical (unpaired) electrons. The number of H-pyrrole nitrogens is 1. The average Bonchev–Trinajstić information content (AvgIpc) is 2.33. The molecule has 0 aliphatic heterocycles. The minimum Gasteiger partial charge on any atom is -0.366 e. The molecular weight excluding hydrogens is 259 g/mol. The van der Waals surface area contributed by atoms with E-state index < -0.39 is 0 Å². The molecule has 1 aromatic heterocycles. The topological polar surface area (TPSA) is 42.8 Å². The highest BCUT2D eigenvalue weighted by Gasteiger charge is 1.96. The predicted molar refractivity (Wildman–Crippen MR) is 72.2 cm³/mol. The van der Waals surface area contributed by atoms with Crippen molar-refractivity contribution in [2.45, 2.75) is 19.8 Å². The number of aryl methyl sites for hydroxylation is 1. The third-order valence-electron chi connectivity index (χ3n) is 2.04. The number of benzene rings is 1. The summed E-state index contributed by atoms with van der Waals surface area (Å²) in [6.45, 7) is 2.19. The second kappa shape index (κ2) is 6.15. The first-order valence-corrected chi connectivity index (χ1v) is 7.81. The molecule has 1 N–H and O–H groups in total. The number of hydrogen-bond donors (Lipinski definition) is 1. The molecule has 1 aromatic carbocycles. The van der Waals surface area contributed by atoms with Gasteiger partial charge in [-0.15, -0.1) is 4.26 Å². The quantitative estimate of drug-likeness (QED) is 0.921. The van der Waals surface area contributed by atoms with Crippen molar-refractivity contribution < 1.29 is 4.84 Å². The predicted octanol–water partition coefficient (Wildman–Crippen LogP) is 3.77. The third-order valence-corrected chi connectivity index (χ3v) is 4.78. The third kappa shape index (κ3) is 3.42. The first-order valence-electron chi connectivity index (χ1n) is 5.12. The molecular formula is C9H14N3OP3. The van der Waals surface area contributed by atoms with Crippen LogP contribution in [0.1, 0.15) is 18.9 Å². The summed E-state index contributed by atoms with van der Waals surface area (Å²) >= 11 is 0. The van der Waals surface area contributed by atoms with Gasteiger partial charge in [0.05, 0.1) is 8.51 Å². The van der Waals surface area contributed by atoms with Crippen LogP contribution in [0, 0.1) is 0 Å². The van der Waals surface area contributed by atoms with E-state index in [1.54, 1.807) is 0 Å². The lowest BCUT2D eigenvalue weighted by Crippen LogP contribution is -1.97. The van der Waals surface area contributed by atoms with Gasteiger partial charge in [-0.1, -0.05) is 25.5 Å². The number of nitrogens with one attached hydrogen (secondary N) is 1. The van der Waals surface area contributed by atoms with Crippen molar-refractivity contribution in [2.24, 2.45) is 0 Å². The Bertz CT molecular complexity index is 438. The number of nitrogens with zero attached hydrogens (tertiary/aromatic N) is 2. The van der Waals surface area contributed by atoms with Crippen LogP contribution < -0.4 is 4.84 Å².